The predicted octanol–water partition coefficient (Wildman–Crippen LogP) is 1.01. The summed E-state index contributed by atoms with van der Waals surface area (Å²) in [6, 6.07) is 0.357. The second-order valence-electron chi connectivity index (χ2n) is 6.04. The molecule has 0 aromatic rings. The molecular formula is C13H26N2O3S. The summed E-state index contributed by atoms with van der Waals surface area (Å²) < 4.78 is 32.7. The highest BCUT2D eigenvalue weighted by Gasteiger charge is 2.40. The van der Waals surface area contributed by atoms with Crippen LogP contribution in [0, 0.1) is 0 Å². The molecule has 0 aromatic carbocycles. The van der Waals surface area contributed by atoms with Crippen LogP contribution in [-0.4, -0.2) is 45.0 Å². The number of hydrogen-bond donors (Lipinski definition) is 2. The zero-order chi connectivity index (χ0) is 13.9. The molecule has 3 atom stereocenters. The Morgan fingerprint density at radius 3 is 2.79 bits per heavy atom. The van der Waals surface area contributed by atoms with Crippen molar-refractivity contribution in [2.24, 2.45) is 0 Å². The minimum atomic E-state index is -3.23. The molecule has 0 aliphatic carbocycles. The van der Waals surface area contributed by atoms with Gasteiger partial charge in [0, 0.05) is 12.6 Å². The average Bonchev–Trinajstić information content (AvgIpc) is 2.67. The SMILES string of the molecule is CC1OCCC1(C)NS(=O)(=O)CCC1CCCCN1. The maximum Gasteiger partial charge on any atom is 0.212 e. The maximum atomic E-state index is 12.2. The largest absolute Gasteiger partial charge is 0.376 e. The molecule has 2 aliphatic rings. The van der Waals surface area contributed by atoms with Crippen LogP contribution in [0.5, 0.6) is 0 Å². The summed E-state index contributed by atoms with van der Waals surface area (Å²) in [5.41, 5.74) is -0.446. The molecule has 2 heterocycles. The molecule has 3 unspecified atom stereocenters. The normalized spacial score (nSPS) is 36.5. The van der Waals surface area contributed by atoms with Gasteiger partial charge in [0.25, 0.3) is 0 Å². The smallest absolute Gasteiger partial charge is 0.212 e. The Bertz CT molecular complexity index is 393. The summed E-state index contributed by atoms with van der Waals surface area (Å²) in [7, 11) is -3.23. The van der Waals surface area contributed by atoms with Gasteiger partial charge in [-0.25, -0.2) is 13.1 Å². The van der Waals surface area contributed by atoms with Crippen molar-refractivity contribution < 1.29 is 13.2 Å². The van der Waals surface area contributed by atoms with Gasteiger partial charge in [-0.05, 0) is 46.1 Å². The molecule has 2 rings (SSSR count). The molecule has 0 radical (unpaired) electrons. The highest BCUT2D eigenvalue weighted by Crippen LogP contribution is 2.26. The van der Waals surface area contributed by atoms with Crippen molar-refractivity contribution in [2.75, 3.05) is 18.9 Å². The topological polar surface area (TPSA) is 67.4 Å². The molecular weight excluding hydrogens is 264 g/mol. The van der Waals surface area contributed by atoms with Gasteiger partial charge in [-0.2, -0.15) is 0 Å². The molecule has 2 N–H and O–H groups in total. The zero-order valence-electron chi connectivity index (χ0n) is 11.9. The number of piperidine rings is 1. The Morgan fingerprint density at radius 1 is 1.42 bits per heavy atom. The van der Waals surface area contributed by atoms with Gasteiger partial charge in [0.1, 0.15) is 0 Å². The quantitative estimate of drug-likeness (QED) is 0.793. The molecule has 0 aromatic heterocycles. The molecule has 0 amide bonds. The van der Waals surface area contributed by atoms with E-state index in [0.717, 1.165) is 19.4 Å². The van der Waals surface area contributed by atoms with Gasteiger partial charge >= 0.3 is 0 Å². The second kappa shape index (κ2) is 6.08. The first-order chi connectivity index (χ1) is 8.91. The third-order valence-corrected chi connectivity index (χ3v) is 5.97. The number of hydrogen-bond acceptors (Lipinski definition) is 4. The fourth-order valence-corrected chi connectivity index (χ4v) is 4.52. The fourth-order valence-electron chi connectivity index (χ4n) is 2.84. The van der Waals surface area contributed by atoms with Gasteiger partial charge in [-0.15, -0.1) is 0 Å². The number of sulfonamides is 1. The van der Waals surface area contributed by atoms with Gasteiger partial charge < -0.3 is 10.1 Å². The van der Waals surface area contributed by atoms with Crippen LogP contribution in [0.25, 0.3) is 0 Å². The molecule has 2 aliphatic heterocycles. The van der Waals surface area contributed by atoms with E-state index in [2.05, 4.69) is 10.0 Å². The lowest BCUT2D eigenvalue weighted by Gasteiger charge is -2.29. The third-order valence-electron chi connectivity index (χ3n) is 4.42. The highest BCUT2D eigenvalue weighted by atomic mass is 32.2. The molecule has 2 fully saturated rings. The molecule has 5 nitrogen and oxygen atoms in total. The molecule has 2 saturated heterocycles. The van der Waals surface area contributed by atoms with Gasteiger partial charge in [0.2, 0.25) is 10.0 Å². The molecule has 0 bridgehead atoms. The van der Waals surface area contributed by atoms with Gasteiger partial charge in [0.05, 0.1) is 17.4 Å². The van der Waals surface area contributed by atoms with E-state index in [0.29, 0.717) is 19.1 Å². The molecule has 0 spiro atoms. The van der Waals surface area contributed by atoms with Crippen LogP contribution in [0.1, 0.15) is 46.0 Å². The van der Waals surface area contributed by atoms with Crippen molar-refractivity contribution in [2.45, 2.75) is 63.6 Å². The Hall–Kier alpha value is -0.170. The Balaban J connectivity index is 1.84. The first kappa shape index (κ1) is 15.2. The standard InChI is InChI=1S/C13H26N2O3S/c1-11-13(2,7-9-18-11)15-19(16,17)10-6-12-5-3-4-8-14-12/h11-12,14-15H,3-10H2,1-2H3. The van der Waals surface area contributed by atoms with Gasteiger partial charge in [-0.1, -0.05) is 6.42 Å². The lowest BCUT2D eigenvalue weighted by atomic mass is 9.97. The number of nitrogens with one attached hydrogen (secondary N) is 2. The van der Waals surface area contributed by atoms with Crippen LogP contribution < -0.4 is 10.0 Å². The van der Waals surface area contributed by atoms with Gasteiger partial charge in [0.15, 0.2) is 0 Å². The van der Waals surface area contributed by atoms with E-state index >= 15 is 0 Å². The molecule has 6 heteroatoms. The first-order valence-electron chi connectivity index (χ1n) is 7.28. The summed E-state index contributed by atoms with van der Waals surface area (Å²) >= 11 is 0. The Labute approximate surface area is 116 Å². The first-order valence-corrected chi connectivity index (χ1v) is 8.93. The minimum absolute atomic E-state index is 0.0601. The van der Waals surface area contributed by atoms with Crippen LogP contribution in [0.4, 0.5) is 0 Å². The molecule has 0 saturated carbocycles. The number of rotatable bonds is 5. The van der Waals surface area contributed by atoms with Crippen LogP contribution in [-0.2, 0) is 14.8 Å². The van der Waals surface area contributed by atoms with Crippen LogP contribution in [0.2, 0.25) is 0 Å². The maximum absolute atomic E-state index is 12.2. The highest BCUT2D eigenvalue weighted by molar-refractivity contribution is 7.89. The van der Waals surface area contributed by atoms with E-state index in [4.69, 9.17) is 4.74 Å². The number of ether oxygens (including phenoxy) is 1. The summed E-state index contributed by atoms with van der Waals surface area (Å²) in [6.07, 6.45) is 4.87. The fraction of sp³-hybridized carbons (Fsp3) is 1.00. The average molecular weight is 290 g/mol. The van der Waals surface area contributed by atoms with Gasteiger partial charge in [-0.3, -0.25) is 0 Å². The minimum Gasteiger partial charge on any atom is -0.376 e. The van der Waals surface area contributed by atoms with E-state index in [1.807, 2.05) is 13.8 Å². The molecule has 19 heavy (non-hydrogen) atoms. The zero-order valence-corrected chi connectivity index (χ0v) is 12.8. The van der Waals surface area contributed by atoms with Crippen molar-refractivity contribution in [3.8, 4) is 0 Å². The molecule has 112 valence electrons. The van der Waals surface area contributed by atoms with Crippen LogP contribution in [0.3, 0.4) is 0 Å². The van der Waals surface area contributed by atoms with E-state index in [1.165, 1.54) is 12.8 Å². The van der Waals surface area contributed by atoms with E-state index < -0.39 is 15.6 Å². The predicted molar refractivity (Wildman–Crippen MR) is 75.6 cm³/mol. The van der Waals surface area contributed by atoms with Crippen molar-refractivity contribution in [3.63, 3.8) is 0 Å². The van der Waals surface area contributed by atoms with Crippen molar-refractivity contribution in [3.05, 3.63) is 0 Å². The summed E-state index contributed by atoms with van der Waals surface area (Å²) in [5, 5.41) is 3.39. The lowest BCUT2D eigenvalue weighted by Crippen LogP contribution is -2.51. The van der Waals surface area contributed by atoms with Crippen molar-refractivity contribution in [1.82, 2.24) is 10.0 Å². The summed E-state index contributed by atoms with van der Waals surface area (Å²) in [5.74, 6) is 0.201. The second-order valence-corrected chi connectivity index (χ2v) is 7.88. The van der Waals surface area contributed by atoms with E-state index in [1.54, 1.807) is 0 Å². The third kappa shape index (κ3) is 4.15. The lowest BCUT2D eigenvalue weighted by molar-refractivity contribution is 0.0957. The van der Waals surface area contributed by atoms with E-state index in [9.17, 15) is 8.42 Å². The monoisotopic (exact) mass is 290 g/mol. The van der Waals surface area contributed by atoms with Crippen LogP contribution >= 0.6 is 0 Å². The van der Waals surface area contributed by atoms with Crippen LogP contribution in [0.15, 0.2) is 0 Å². The summed E-state index contributed by atoms with van der Waals surface area (Å²) in [6.45, 7) is 5.50. The Morgan fingerprint density at radius 2 is 2.21 bits per heavy atom. The van der Waals surface area contributed by atoms with Crippen molar-refractivity contribution >= 4 is 10.0 Å². The van der Waals surface area contributed by atoms with Crippen molar-refractivity contribution in [1.29, 1.82) is 0 Å². The summed E-state index contributed by atoms with van der Waals surface area (Å²) in [4.78, 5) is 0. The van der Waals surface area contributed by atoms with E-state index in [-0.39, 0.29) is 11.9 Å². The Kier molecular flexibility index (Phi) is 4.87.